The van der Waals surface area contributed by atoms with Crippen LogP contribution in [0.2, 0.25) is 10.0 Å². The van der Waals surface area contributed by atoms with Crippen LogP contribution >= 0.6 is 23.2 Å². The van der Waals surface area contributed by atoms with Crippen molar-refractivity contribution >= 4 is 50.6 Å². The van der Waals surface area contributed by atoms with Crippen molar-refractivity contribution < 1.29 is 0 Å². The molecule has 0 fully saturated rings. The Bertz CT molecular complexity index is 1510. The molecular weight excluding hydrogens is 441 g/mol. The van der Waals surface area contributed by atoms with Crippen molar-refractivity contribution in [1.82, 2.24) is 9.55 Å². The quantitative estimate of drug-likeness (QED) is 0.320. The third-order valence-electron chi connectivity index (χ3n) is 5.47. The van der Waals surface area contributed by atoms with Crippen LogP contribution in [0.3, 0.4) is 0 Å². The zero-order valence-corrected chi connectivity index (χ0v) is 18.6. The van der Waals surface area contributed by atoms with Gasteiger partial charge in [0.25, 0.3) is 5.56 Å². The maximum absolute atomic E-state index is 13.4. The summed E-state index contributed by atoms with van der Waals surface area (Å²) in [7, 11) is 0. The van der Waals surface area contributed by atoms with E-state index in [2.05, 4.69) is 23.5 Å². The first-order valence-corrected chi connectivity index (χ1v) is 11.0. The number of anilines is 1. The number of aromatic nitrogens is 2. The smallest absolute Gasteiger partial charge is 0.261 e. The number of para-hydroxylation sites is 1. The van der Waals surface area contributed by atoms with E-state index in [1.54, 1.807) is 28.8 Å². The minimum absolute atomic E-state index is 0.101. The maximum Gasteiger partial charge on any atom is 0.261 e. The predicted molar refractivity (Wildman–Crippen MR) is 134 cm³/mol. The zero-order valence-electron chi connectivity index (χ0n) is 17.1. The van der Waals surface area contributed by atoms with Gasteiger partial charge in [-0.1, -0.05) is 71.7 Å². The molecule has 0 spiro atoms. The highest BCUT2D eigenvalue weighted by atomic mass is 35.5. The molecule has 5 rings (SSSR count). The van der Waals surface area contributed by atoms with E-state index in [1.165, 1.54) is 0 Å². The van der Waals surface area contributed by atoms with E-state index < -0.39 is 0 Å². The molecule has 0 bridgehead atoms. The largest absolute Gasteiger partial charge is 0.383 e. The first kappa shape index (κ1) is 20.6. The summed E-state index contributed by atoms with van der Waals surface area (Å²) in [5.41, 5.74) is 2.23. The Balaban J connectivity index is 1.55. The third-order valence-corrected chi connectivity index (χ3v) is 6.02. The normalized spacial score (nSPS) is 11.2. The van der Waals surface area contributed by atoms with E-state index in [-0.39, 0.29) is 5.56 Å². The number of hydrogen-bond donors (Lipinski definition) is 1. The molecule has 0 radical (unpaired) electrons. The fourth-order valence-electron chi connectivity index (χ4n) is 3.93. The van der Waals surface area contributed by atoms with Crippen molar-refractivity contribution in [1.29, 1.82) is 0 Å². The van der Waals surface area contributed by atoms with Crippen LogP contribution in [-0.2, 0) is 6.54 Å². The molecule has 4 nitrogen and oxygen atoms in total. The zero-order chi connectivity index (χ0) is 22.1. The standard InChI is InChI=1S/C26H19Cl2N3O/c27-18-12-13-20(22(28)16-18)25-30-24-10-4-3-9-21(24)26(32)31(25)15-14-29-23-11-5-7-17-6-1-2-8-19(17)23/h1-13,16,29H,14-15H2. The topological polar surface area (TPSA) is 46.9 Å². The molecule has 0 unspecified atom stereocenters. The van der Waals surface area contributed by atoms with Crippen molar-refractivity contribution in [3.63, 3.8) is 0 Å². The molecule has 0 atom stereocenters. The number of nitrogens with one attached hydrogen (secondary N) is 1. The molecular formula is C26H19Cl2N3O. The molecule has 1 heterocycles. The number of nitrogens with zero attached hydrogens (tertiary/aromatic N) is 2. The molecule has 0 aliphatic rings. The fourth-order valence-corrected chi connectivity index (χ4v) is 4.43. The molecule has 0 amide bonds. The molecule has 158 valence electrons. The van der Waals surface area contributed by atoms with Crippen molar-refractivity contribution in [2.24, 2.45) is 0 Å². The van der Waals surface area contributed by atoms with E-state index in [0.29, 0.717) is 45.4 Å². The van der Waals surface area contributed by atoms with Gasteiger partial charge in [0.15, 0.2) is 0 Å². The molecule has 32 heavy (non-hydrogen) atoms. The Morgan fingerprint density at radius 3 is 2.44 bits per heavy atom. The fraction of sp³-hybridized carbons (Fsp3) is 0.0769. The Hall–Kier alpha value is -3.34. The summed E-state index contributed by atoms with van der Waals surface area (Å²) in [5.74, 6) is 0.523. The van der Waals surface area contributed by atoms with Crippen LogP contribution in [0.1, 0.15) is 0 Å². The van der Waals surface area contributed by atoms with E-state index in [1.807, 2.05) is 42.5 Å². The number of rotatable bonds is 5. The van der Waals surface area contributed by atoms with Gasteiger partial charge in [-0.15, -0.1) is 0 Å². The number of hydrogen-bond acceptors (Lipinski definition) is 3. The molecule has 0 aliphatic carbocycles. The highest BCUT2D eigenvalue weighted by Gasteiger charge is 2.15. The summed E-state index contributed by atoms with van der Waals surface area (Å²) in [4.78, 5) is 18.2. The van der Waals surface area contributed by atoms with Gasteiger partial charge in [0.1, 0.15) is 5.82 Å². The molecule has 1 N–H and O–H groups in total. The molecule has 0 aliphatic heterocycles. The SMILES string of the molecule is O=c1c2ccccc2nc(-c2ccc(Cl)cc2Cl)n1CCNc1cccc2ccccc12. The second-order valence-corrected chi connectivity index (χ2v) is 8.33. The van der Waals surface area contributed by atoms with Crippen LogP contribution in [0.4, 0.5) is 5.69 Å². The van der Waals surface area contributed by atoms with Crippen LogP contribution in [0.25, 0.3) is 33.1 Å². The number of benzene rings is 4. The van der Waals surface area contributed by atoms with Gasteiger partial charge >= 0.3 is 0 Å². The first-order valence-electron chi connectivity index (χ1n) is 10.3. The summed E-state index contributed by atoms with van der Waals surface area (Å²) in [6.45, 7) is 0.973. The molecule has 4 aromatic carbocycles. The van der Waals surface area contributed by atoms with Gasteiger partial charge in [0.2, 0.25) is 0 Å². The highest BCUT2D eigenvalue weighted by molar-refractivity contribution is 6.36. The van der Waals surface area contributed by atoms with E-state index in [0.717, 1.165) is 16.5 Å². The lowest BCUT2D eigenvalue weighted by Gasteiger charge is -2.16. The van der Waals surface area contributed by atoms with Crippen molar-refractivity contribution in [3.8, 4) is 11.4 Å². The monoisotopic (exact) mass is 459 g/mol. The Morgan fingerprint density at radius 2 is 1.59 bits per heavy atom. The van der Waals surface area contributed by atoms with Gasteiger partial charge < -0.3 is 5.32 Å². The van der Waals surface area contributed by atoms with Crippen LogP contribution in [-0.4, -0.2) is 16.1 Å². The minimum atomic E-state index is -0.101. The van der Waals surface area contributed by atoms with Gasteiger partial charge in [-0.3, -0.25) is 9.36 Å². The molecule has 6 heteroatoms. The summed E-state index contributed by atoms with van der Waals surface area (Å²) >= 11 is 12.6. The van der Waals surface area contributed by atoms with E-state index in [4.69, 9.17) is 28.2 Å². The second kappa shape index (κ2) is 8.65. The van der Waals surface area contributed by atoms with Gasteiger partial charge in [0.05, 0.1) is 15.9 Å². The minimum Gasteiger partial charge on any atom is -0.383 e. The Labute approximate surface area is 195 Å². The van der Waals surface area contributed by atoms with Gasteiger partial charge in [-0.2, -0.15) is 0 Å². The van der Waals surface area contributed by atoms with Crippen LogP contribution < -0.4 is 10.9 Å². The first-order chi connectivity index (χ1) is 15.6. The van der Waals surface area contributed by atoms with Gasteiger partial charge in [0, 0.05) is 34.7 Å². The van der Waals surface area contributed by atoms with Crippen molar-refractivity contribution in [2.45, 2.75) is 6.54 Å². The Morgan fingerprint density at radius 1 is 0.844 bits per heavy atom. The van der Waals surface area contributed by atoms with Crippen molar-refractivity contribution in [3.05, 3.63) is 105 Å². The third kappa shape index (κ3) is 3.83. The van der Waals surface area contributed by atoms with Crippen molar-refractivity contribution in [2.75, 3.05) is 11.9 Å². The number of halogens is 2. The van der Waals surface area contributed by atoms with Gasteiger partial charge in [-0.25, -0.2) is 4.98 Å². The molecule has 5 aromatic rings. The molecule has 0 saturated carbocycles. The molecule has 1 aromatic heterocycles. The average molecular weight is 460 g/mol. The van der Waals surface area contributed by atoms with E-state index in [9.17, 15) is 4.79 Å². The average Bonchev–Trinajstić information content (AvgIpc) is 2.81. The second-order valence-electron chi connectivity index (χ2n) is 7.49. The summed E-state index contributed by atoms with van der Waals surface area (Å²) in [6, 6.07) is 26.9. The summed E-state index contributed by atoms with van der Waals surface area (Å²) in [5, 5.41) is 7.34. The summed E-state index contributed by atoms with van der Waals surface area (Å²) in [6.07, 6.45) is 0. The summed E-state index contributed by atoms with van der Waals surface area (Å²) < 4.78 is 1.68. The van der Waals surface area contributed by atoms with Crippen LogP contribution in [0.15, 0.2) is 89.7 Å². The van der Waals surface area contributed by atoms with Gasteiger partial charge in [-0.05, 0) is 41.8 Å². The maximum atomic E-state index is 13.4. The Kier molecular flexibility index (Phi) is 5.56. The lowest BCUT2D eigenvalue weighted by molar-refractivity contribution is 0.699. The lowest BCUT2D eigenvalue weighted by Crippen LogP contribution is -2.26. The molecule has 0 saturated heterocycles. The predicted octanol–water partition coefficient (Wildman–Crippen LogP) is 6.64. The van der Waals surface area contributed by atoms with E-state index >= 15 is 0 Å². The van der Waals surface area contributed by atoms with Crippen LogP contribution in [0.5, 0.6) is 0 Å². The number of fused-ring (bicyclic) bond motifs is 2. The highest BCUT2D eigenvalue weighted by Crippen LogP contribution is 2.29. The lowest BCUT2D eigenvalue weighted by atomic mass is 10.1. The van der Waals surface area contributed by atoms with Crippen LogP contribution in [0, 0.1) is 0 Å².